The molecular formula is C8H11BrN2OS. The third kappa shape index (κ3) is 3.54. The zero-order chi connectivity index (χ0) is 9.68. The first-order chi connectivity index (χ1) is 6.24. The van der Waals surface area contributed by atoms with E-state index in [1.165, 1.54) is 0 Å². The van der Waals surface area contributed by atoms with Crippen molar-refractivity contribution >= 4 is 28.1 Å². The Bertz CT molecular complexity index is 326. The second-order valence-electron chi connectivity index (χ2n) is 2.60. The van der Waals surface area contributed by atoms with Crippen LogP contribution in [-0.4, -0.2) is 23.7 Å². The van der Waals surface area contributed by atoms with Crippen LogP contribution in [0.15, 0.2) is 10.7 Å². The number of aromatic amines is 1. The number of aromatic nitrogens is 2. The molecule has 1 aromatic heterocycles. The molecule has 1 heterocycles. The Morgan fingerprint density at radius 3 is 3.08 bits per heavy atom. The van der Waals surface area contributed by atoms with Crippen molar-refractivity contribution in [3.8, 4) is 0 Å². The molecule has 72 valence electrons. The van der Waals surface area contributed by atoms with Gasteiger partial charge in [-0.05, 0) is 22.4 Å². The third-order valence-corrected chi connectivity index (χ3v) is 2.76. The van der Waals surface area contributed by atoms with Gasteiger partial charge in [-0.3, -0.25) is 0 Å². The van der Waals surface area contributed by atoms with Crippen molar-refractivity contribution in [2.45, 2.75) is 12.8 Å². The number of nitrogens with zero attached hydrogens (tertiary/aromatic N) is 1. The van der Waals surface area contributed by atoms with Gasteiger partial charge in [0.25, 0.3) is 0 Å². The Morgan fingerprint density at radius 2 is 2.46 bits per heavy atom. The molecule has 1 N–H and O–H groups in total. The van der Waals surface area contributed by atoms with Crippen molar-refractivity contribution in [1.29, 1.82) is 0 Å². The quantitative estimate of drug-likeness (QED) is 0.670. The molecule has 0 aliphatic heterocycles. The van der Waals surface area contributed by atoms with E-state index in [4.69, 9.17) is 17.0 Å². The van der Waals surface area contributed by atoms with Crippen LogP contribution in [-0.2, 0) is 11.2 Å². The summed E-state index contributed by atoms with van der Waals surface area (Å²) in [5, 5.41) is 0. The van der Waals surface area contributed by atoms with Crippen LogP contribution in [0.5, 0.6) is 0 Å². The Hall–Kier alpha value is -0.260. The van der Waals surface area contributed by atoms with Crippen LogP contribution in [0.25, 0.3) is 0 Å². The first-order valence-corrected chi connectivity index (χ1v) is 5.17. The molecule has 0 aliphatic carbocycles. The van der Waals surface area contributed by atoms with Crippen LogP contribution in [0.3, 0.4) is 0 Å². The van der Waals surface area contributed by atoms with Gasteiger partial charge in [0.15, 0.2) is 0 Å². The summed E-state index contributed by atoms with van der Waals surface area (Å²) < 4.78 is 6.47. The molecular weight excluding hydrogens is 252 g/mol. The van der Waals surface area contributed by atoms with Gasteiger partial charge in [-0.1, -0.05) is 12.2 Å². The molecule has 0 fully saturated rings. The lowest BCUT2D eigenvalue weighted by molar-refractivity contribution is 0.194. The summed E-state index contributed by atoms with van der Waals surface area (Å²) in [6.07, 6.45) is 3.54. The number of aryl methyl sites for hydroxylation is 1. The van der Waals surface area contributed by atoms with Gasteiger partial charge >= 0.3 is 0 Å². The zero-order valence-electron chi connectivity index (χ0n) is 7.34. The van der Waals surface area contributed by atoms with E-state index in [1.54, 1.807) is 13.3 Å². The van der Waals surface area contributed by atoms with Crippen LogP contribution >= 0.6 is 28.1 Å². The van der Waals surface area contributed by atoms with Gasteiger partial charge in [0.1, 0.15) is 10.5 Å². The zero-order valence-corrected chi connectivity index (χ0v) is 9.74. The molecule has 0 atom stereocenters. The molecule has 0 spiro atoms. The Balaban J connectivity index is 2.58. The van der Waals surface area contributed by atoms with Crippen LogP contribution < -0.4 is 0 Å². The molecule has 0 saturated carbocycles. The van der Waals surface area contributed by atoms with Gasteiger partial charge in [0, 0.05) is 26.3 Å². The number of hydrogen-bond acceptors (Lipinski definition) is 3. The molecule has 0 aromatic carbocycles. The lowest BCUT2D eigenvalue weighted by Gasteiger charge is -2.00. The highest BCUT2D eigenvalue weighted by molar-refractivity contribution is 9.10. The number of halogens is 1. The van der Waals surface area contributed by atoms with E-state index in [9.17, 15) is 0 Å². The molecule has 0 unspecified atom stereocenters. The second kappa shape index (κ2) is 5.47. The smallest absolute Gasteiger partial charge is 0.120 e. The molecule has 13 heavy (non-hydrogen) atoms. The summed E-state index contributed by atoms with van der Waals surface area (Å²) in [5.74, 6) is 0.908. The fourth-order valence-electron chi connectivity index (χ4n) is 0.927. The van der Waals surface area contributed by atoms with E-state index in [-0.39, 0.29) is 0 Å². The Labute approximate surface area is 90.7 Å². The highest BCUT2D eigenvalue weighted by Crippen LogP contribution is 2.08. The Kier molecular flexibility index (Phi) is 4.55. The van der Waals surface area contributed by atoms with Crippen molar-refractivity contribution in [2.24, 2.45) is 0 Å². The molecule has 0 radical (unpaired) electrons. The molecule has 0 saturated heterocycles. The SMILES string of the molecule is COCCCc1ncc(Br)c(=S)[nH]1. The maximum absolute atomic E-state index is 5.05. The van der Waals surface area contributed by atoms with Crippen molar-refractivity contribution < 1.29 is 4.74 Å². The van der Waals surface area contributed by atoms with Crippen LogP contribution in [0.1, 0.15) is 12.2 Å². The summed E-state index contributed by atoms with van der Waals surface area (Å²) in [5.41, 5.74) is 0. The predicted octanol–water partition coefficient (Wildman–Crippen LogP) is 2.48. The van der Waals surface area contributed by atoms with Gasteiger partial charge in [0.2, 0.25) is 0 Å². The lowest BCUT2D eigenvalue weighted by Crippen LogP contribution is -1.98. The van der Waals surface area contributed by atoms with E-state index >= 15 is 0 Å². The highest BCUT2D eigenvalue weighted by Gasteiger charge is 1.96. The van der Waals surface area contributed by atoms with Crippen molar-refractivity contribution in [1.82, 2.24) is 9.97 Å². The fraction of sp³-hybridized carbons (Fsp3) is 0.500. The summed E-state index contributed by atoms with van der Waals surface area (Å²) in [7, 11) is 1.69. The van der Waals surface area contributed by atoms with Gasteiger partial charge in [-0.25, -0.2) is 4.98 Å². The molecule has 1 rings (SSSR count). The first-order valence-electron chi connectivity index (χ1n) is 3.96. The average Bonchev–Trinajstić information content (AvgIpc) is 2.12. The molecule has 3 nitrogen and oxygen atoms in total. The van der Waals surface area contributed by atoms with E-state index < -0.39 is 0 Å². The van der Waals surface area contributed by atoms with Gasteiger partial charge in [0.05, 0.1) is 4.47 Å². The van der Waals surface area contributed by atoms with Gasteiger partial charge in [-0.15, -0.1) is 0 Å². The predicted molar refractivity (Wildman–Crippen MR) is 57.3 cm³/mol. The normalized spacial score (nSPS) is 10.3. The summed E-state index contributed by atoms with van der Waals surface area (Å²) in [6, 6.07) is 0. The topological polar surface area (TPSA) is 37.9 Å². The van der Waals surface area contributed by atoms with Gasteiger partial charge < -0.3 is 9.72 Å². The Morgan fingerprint density at radius 1 is 1.69 bits per heavy atom. The number of H-pyrrole nitrogens is 1. The van der Waals surface area contributed by atoms with Crippen molar-refractivity contribution in [3.63, 3.8) is 0 Å². The van der Waals surface area contributed by atoms with Crippen LogP contribution in [0.2, 0.25) is 0 Å². The molecule has 0 aliphatic rings. The molecule has 5 heteroatoms. The number of rotatable bonds is 4. The maximum Gasteiger partial charge on any atom is 0.120 e. The van der Waals surface area contributed by atoms with Crippen molar-refractivity contribution in [3.05, 3.63) is 21.1 Å². The number of methoxy groups -OCH3 is 1. The van der Waals surface area contributed by atoms with Crippen LogP contribution in [0, 0.1) is 4.64 Å². The lowest BCUT2D eigenvalue weighted by atomic mass is 10.3. The van der Waals surface area contributed by atoms with Gasteiger partial charge in [-0.2, -0.15) is 0 Å². The molecule has 0 bridgehead atoms. The first kappa shape index (κ1) is 10.8. The number of nitrogens with one attached hydrogen (secondary N) is 1. The average molecular weight is 263 g/mol. The van der Waals surface area contributed by atoms with E-state index in [0.29, 0.717) is 4.64 Å². The van der Waals surface area contributed by atoms with E-state index in [2.05, 4.69) is 25.9 Å². The molecule has 1 aromatic rings. The summed E-state index contributed by atoms with van der Waals surface area (Å²) >= 11 is 8.33. The largest absolute Gasteiger partial charge is 0.385 e. The second-order valence-corrected chi connectivity index (χ2v) is 3.87. The minimum atomic E-state index is 0.697. The number of hydrogen-bond donors (Lipinski definition) is 1. The maximum atomic E-state index is 5.05. The van der Waals surface area contributed by atoms with Crippen molar-refractivity contribution in [2.75, 3.05) is 13.7 Å². The number of ether oxygens (including phenoxy) is 1. The standard InChI is InChI=1S/C8H11BrN2OS/c1-12-4-2-3-7-10-5-6(9)8(13)11-7/h5H,2-4H2,1H3,(H,10,11,13). The minimum absolute atomic E-state index is 0.697. The summed E-state index contributed by atoms with van der Waals surface area (Å²) in [6.45, 7) is 0.748. The highest BCUT2D eigenvalue weighted by atomic mass is 79.9. The van der Waals surface area contributed by atoms with E-state index in [1.807, 2.05) is 0 Å². The summed E-state index contributed by atoms with van der Waals surface area (Å²) in [4.78, 5) is 7.22. The minimum Gasteiger partial charge on any atom is -0.385 e. The van der Waals surface area contributed by atoms with Crippen LogP contribution in [0.4, 0.5) is 0 Å². The molecule has 0 amide bonds. The fourth-order valence-corrected chi connectivity index (χ4v) is 1.30. The van der Waals surface area contributed by atoms with E-state index in [0.717, 1.165) is 29.7 Å². The monoisotopic (exact) mass is 262 g/mol. The third-order valence-electron chi connectivity index (χ3n) is 1.57.